The highest BCUT2D eigenvalue weighted by molar-refractivity contribution is 5.75. The Bertz CT molecular complexity index is 1010. The largest absolute Gasteiger partial charge is 0.508 e. The van der Waals surface area contributed by atoms with Crippen LogP contribution in [-0.4, -0.2) is 43.7 Å². The van der Waals surface area contributed by atoms with Crippen LogP contribution in [0, 0.1) is 11.8 Å². The van der Waals surface area contributed by atoms with Crippen molar-refractivity contribution >= 4 is 17.0 Å². The van der Waals surface area contributed by atoms with Crippen LogP contribution in [0.2, 0.25) is 0 Å². The van der Waals surface area contributed by atoms with Crippen molar-refractivity contribution in [2.75, 3.05) is 13.1 Å². The zero-order valence-electron chi connectivity index (χ0n) is 16.7. The molecule has 6 heteroatoms. The average Bonchev–Trinajstić information content (AvgIpc) is 3.01. The van der Waals surface area contributed by atoms with Crippen LogP contribution in [0.3, 0.4) is 0 Å². The third kappa shape index (κ3) is 4.27. The van der Waals surface area contributed by atoms with E-state index in [0.29, 0.717) is 12.3 Å². The van der Waals surface area contributed by atoms with Crippen molar-refractivity contribution in [3.8, 4) is 5.75 Å². The van der Waals surface area contributed by atoms with Gasteiger partial charge < -0.3 is 14.8 Å². The van der Waals surface area contributed by atoms with Gasteiger partial charge in [-0.15, -0.1) is 0 Å². The number of imidazole rings is 1. The van der Waals surface area contributed by atoms with Gasteiger partial charge in [0.1, 0.15) is 11.6 Å². The van der Waals surface area contributed by atoms with Crippen LogP contribution in [0.25, 0.3) is 11.0 Å². The number of aromatic hydroxyl groups is 1. The number of piperidine rings is 1. The number of carboxylic acid groups (broad SMARTS) is 1. The fraction of sp³-hybridized carbons (Fsp3) is 0.391. The molecule has 1 saturated heterocycles. The first-order chi connectivity index (χ1) is 14.0. The predicted molar refractivity (Wildman–Crippen MR) is 112 cm³/mol. The minimum absolute atomic E-state index is 0.132. The molecule has 2 heterocycles. The van der Waals surface area contributed by atoms with E-state index in [1.807, 2.05) is 43.4 Å². The molecule has 2 N–H and O–H groups in total. The molecule has 152 valence electrons. The first-order valence-corrected chi connectivity index (χ1v) is 10.1. The van der Waals surface area contributed by atoms with Crippen molar-refractivity contribution in [3.63, 3.8) is 0 Å². The molecule has 0 radical (unpaired) electrons. The standard InChI is InChI=1S/C23H27N3O3/c1-25-20-8-4-3-7-19(20)24-22(25)12-18-15-26(11-10-16(18)13-23(28)29)14-17-6-2-5-9-21(17)27/h2-9,16,18,27H,10-15H2,1H3,(H,28,29). The summed E-state index contributed by atoms with van der Waals surface area (Å²) in [6.07, 6.45) is 1.79. The second-order valence-electron chi connectivity index (χ2n) is 8.05. The zero-order valence-corrected chi connectivity index (χ0v) is 16.7. The summed E-state index contributed by atoms with van der Waals surface area (Å²) in [6, 6.07) is 15.5. The Kier molecular flexibility index (Phi) is 5.53. The summed E-state index contributed by atoms with van der Waals surface area (Å²) in [6.45, 7) is 2.31. The van der Waals surface area contributed by atoms with Gasteiger partial charge in [-0.25, -0.2) is 4.98 Å². The van der Waals surface area contributed by atoms with Gasteiger partial charge in [-0.1, -0.05) is 30.3 Å². The number of aryl methyl sites for hydroxylation is 1. The van der Waals surface area contributed by atoms with E-state index in [9.17, 15) is 15.0 Å². The Hall–Kier alpha value is -2.86. The maximum Gasteiger partial charge on any atom is 0.303 e. The normalized spacial score (nSPS) is 20.2. The Morgan fingerprint density at radius 2 is 1.90 bits per heavy atom. The molecule has 0 aliphatic carbocycles. The molecule has 0 amide bonds. The molecule has 2 atom stereocenters. The number of benzene rings is 2. The fourth-order valence-corrected chi connectivity index (χ4v) is 4.52. The zero-order chi connectivity index (χ0) is 20.4. The number of phenolic OH excluding ortho intramolecular Hbond substituents is 1. The molecule has 0 bridgehead atoms. The van der Waals surface area contributed by atoms with Gasteiger partial charge in [-0.05, 0) is 43.0 Å². The van der Waals surface area contributed by atoms with Gasteiger partial charge in [-0.2, -0.15) is 0 Å². The smallest absolute Gasteiger partial charge is 0.303 e. The lowest BCUT2D eigenvalue weighted by Crippen LogP contribution is -2.42. The highest BCUT2D eigenvalue weighted by Crippen LogP contribution is 2.31. The third-order valence-corrected chi connectivity index (χ3v) is 6.12. The van der Waals surface area contributed by atoms with Gasteiger partial charge >= 0.3 is 5.97 Å². The van der Waals surface area contributed by atoms with E-state index >= 15 is 0 Å². The molecule has 1 aromatic heterocycles. The van der Waals surface area contributed by atoms with Crippen molar-refractivity contribution in [2.24, 2.45) is 18.9 Å². The Morgan fingerprint density at radius 3 is 2.66 bits per heavy atom. The molecule has 29 heavy (non-hydrogen) atoms. The van der Waals surface area contributed by atoms with Crippen LogP contribution in [0.1, 0.15) is 24.2 Å². The number of carboxylic acids is 1. The number of hydrogen-bond donors (Lipinski definition) is 2. The molecule has 3 aromatic rings. The van der Waals surface area contributed by atoms with E-state index in [1.54, 1.807) is 6.07 Å². The molecule has 2 unspecified atom stereocenters. The summed E-state index contributed by atoms with van der Waals surface area (Å²) < 4.78 is 2.12. The first kappa shape index (κ1) is 19.5. The van der Waals surface area contributed by atoms with Crippen LogP contribution in [0.4, 0.5) is 0 Å². The molecule has 0 saturated carbocycles. The van der Waals surface area contributed by atoms with E-state index < -0.39 is 5.97 Å². The summed E-state index contributed by atoms with van der Waals surface area (Å²) in [5.74, 6) is 0.913. The molecule has 0 spiro atoms. The summed E-state index contributed by atoms with van der Waals surface area (Å²) in [7, 11) is 2.03. The molecule has 1 aliphatic rings. The van der Waals surface area contributed by atoms with Crippen LogP contribution in [-0.2, 0) is 24.8 Å². The summed E-state index contributed by atoms with van der Waals surface area (Å²) >= 11 is 0. The second kappa shape index (κ2) is 8.25. The maximum absolute atomic E-state index is 11.4. The third-order valence-electron chi connectivity index (χ3n) is 6.12. The fourth-order valence-electron chi connectivity index (χ4n) is 4.52. The van der Waals surface area contributed by atoms with E-state index in [4.69, 9.17) is 4.98 Å². The van der Waals surface area contributed by atoms with Gasteiger partial charge in [0.15, 0.2) is 0 Å². The maximum atomic E-state index is 11.4. The van der Waals surface area contributed by atoms with Gasteiger partial charge in [-0.3, -0.25) is 9.69 Å². The van der Waals surface area contributed by atoms with Gasteiger partial charge in [0.2, 0.25) is 0 Å². The molecule has 1 aliphatic heterocycles. The molecule has 1 fully saturated rings. The van der Waals surface area contributed by atoms with Crippen molar-refractivity contribution in [1.82, 2.24) is 14.5 Å². The number of nitrogens with zero attached hydrogens (tertiary/aromatic N) is 3. The second-order valence-corrected chi connectivity index (χ2v) is 8.05. The molecule has 4 rings (SSSR count). The average molecular weight is 393 g/mol. The van der Waals surface area contributed by atoms with Gasteiger partial charge in [0, 0.05) is 38.5 Å². The molecular weight excluding hydrogens is 366 g/mol. The minimum atomic E-state index is -0.737. The molecule has 2 aromatic carbocycles. The number of para-hydroxylation sites is 3. The highest BCUT2D eigenvalue weighted by atomic mass is 16.4. The summed E-state index contributed by atoms with van der Waals surface area (Å²) in [5.41, 5.74) is 2.98. The molecule has 6 nitrogen and oxygen atoms in total. The van der Waals surface area contributed by atoms with Crippen molar-refractivity contribution in [1.29, 1.82) is 0 Å². The lowest BCUT2D eigenvalue weighted by atomic mass is 9.81. The predicted octanol–water partition coefficient (Wildman–Crippen LogP) is 3.43. The lowest BCUT2D eigenvalue weighted by Gasteiger charge is -2.38. The number of phenols is 1. The Morgan fingerprint density at radius 1 is 1.14 bits per heavy atom. The quantitative estimate of drug-likeness (QED) is 0.671. The summed E-state index contributed by atoms with van der Waals surface area (Å²) in [5, 5.41) is 19.5. The first-order valence-electron chi connectivity index (χ1n) is 10.1. The van der Waals surface area contributed by atoms with Crippen molar-refractivity contribution in [3.05, 3.63) is 59.9 Å². The Labute approximate surface area is 170 Å². The lowest BCUT2D eigenvalue weighted by molar-refractivity contribution is -0.139. The van der Waals surface area contributed by atoms with Crippen molar-refractivity contribution in [2.45, 2.75) is 25.8 Å². The van der Waals surface area contributed by atoms with E-state index in [1.165, 1.54) is 0 Å². The van der Waals surface area contributed by atoms with Crippen LogP contribution >= 0.6 is 0 Å². The van der Waals surface area contributed by atoms with Crippen LogP contribution in [0.15, 0.2) is 48.5 Å². The summed E-state index contributed by atoms with van der Waals surface area (Å²) in [4.78, 5) is 18.5. The number of likely N-dealkylation sites (tertiary alicyclic amines) is 1. The topological polar surface area (TPSA) is 78.6 Å². The van der Waals surface area contributed by atoms with Crippen LogP contribution < -0.4 is 0 Å². The van der Waals surface area contributed by atoms with Gasteiger partial charge in [0.05, 0.1) is 11.0 Å². The molecular formula is C23H27N3O3. The number of rotatable bonds is 6. The van der Waals surface area contributed by atoms with Crippen molar-refractivity contribution < 1.29 is 15.0 Å². The van der Waals surface area contributed by atoms with E-state index in [-0.39, 0.29) is 18.3 Å². The number of aliphatic carboxylic acids is 1. The van der Waals surface area contributed by atoms with Gasteiger partial charge in [0.25, 0.3) is 0 Å². The SMILES string of the molecule is Cn1c(CC2CN(Cc3ccccc3O)CCC2CC(=O)O)nc2ccccc21. The monoisotopic (exact) mass is 393 g/mol. The minimum Gasteiger partial charge on any atom is -0.508 e. The highest BCUT2D eigenvalue weighted by Gasteiger charge is 2.32. The number of hydrogen-bond acceptors (Lipinski definition) is 4. The Balaban J connectivity index is 1.55. The number of fused-ring (bicyclic) bond motifs is 1. The number of carbonyl (C=O) groups is 1. The number of aromatic nitrogens is 2. The van der Waals surface area contributed by atoms with E-state index in [0.717, 1.165) is 48.4 Å². The van der Waals surface area contributed by atoms with E-state index in [2.05, 4.69) is 15.5 Å². The van der Waals surface area contributed by atoms with Crippen LogP contribution in [0.5, 0.6) is 5.75 Å².